The predicted molar refractivity (Wildman–Crippen MR) is 84.0 cm³/mol. The summed E-state index contributed by atoms with van der Waals surface area (Å²) in [5.74, 6) is -0.996. The Kier molecular flexibility index (Phi) is 7.55. The number of carbonyl (C=O) groups is 2. The molecule has 4 N–H and O–H groups in total. The summed E-state index contributed by atoms with van der Waals surface area (Å²) in [6, 6.07) is 0. The molecule has 0 heterocycles. The van der Waals surface area contributed by atoms with Crippen LogP contribution in [0.15, 0.2) is 12.7 Å². The molecule has 0 saturated heterocycles. The fourth-order valence-corrected chi connectivity index (χ4v) is 2.82. The van der Waals surface area contributed by atoms with Gasteiger partial charge in [0, 0.05) is 13.0 Å². The third-order valence-corrected chi connectivity index (χ3v) is 4.09. The van der Waals surface area contributed by atoms with Crippen molar-refractivity contribution in [3.8, 4) is 0 Å². The van der Waals surface area contributed by atoms with Crippen LogP contribution in [-0.4, -0.2) is 46.8 Å². The highest BCUT2D eigenvalue weighted by Gasteiger charge is 2.35. The Morgan fingerprint density at radius 2 is 2.00 bits per heavy atom. The van der Waals surface area contributed by atoms with Gasteiger partial charge in [0.25, 0.3) is 0 Å². The van der Waals surface area contributed by atoms with Crippen molar-refractivity contribution in [1.82, 2.24) is 10.6 Å². The fourth-order valence-electron chi connectivity index (χ4n) is 2.82. The van der Waals surface area contributed by atoms with E-state index in [2.05, 4.69) is 17.2 Å². The SMILES string of the molecule is C=CCC(CC(=O)NC1(CO)CCCC1)C(=O)NCC(C)O. The van der Waals surface area contributed by atoms with E-state index in [-0.39, 0.29) is 31.4 Å². The third-order valence-electron chi connectivity index (χ3n) is 4.09. The van der Waals surface area contributed by atoms with Crippen LogP contribution >= 0.6 is 0 Å². The second-order valence-electron chi connectivity index (χ2n) is 6.21. The van der Waals surface area contributed by atoms with Crippen molar-refractivity contribution in [2.75, 3.05) is 13.2 Å². The average Bonchev–Trinajstić information content (AvgIpc) is 2.93. The van der Waals surface area contributed by atoms with Crippen LogP contribution in [0, 0.1) is 5.92 Å². The molecule has 0 aliphatic heterocycles. The second kappa shape index (κ2) is 8.90. The molecular weight excluding hydrogens is 284 g/mol. The van der Waals surface area contributed by atoms with E-state index in [4.69, 9.17) is 0 Å². The molecule has 0 radical (unpaired) electrons. The van der Waals surface area contributed by atoms with Gasteiger partial charge in [0.05, 0.1) is 24.2 Å². The maximum Gasteiger partial charge on any atom is 0.224 e. The highest BCUT2D eigenvalue weighted by molar-refractivity contribution is 5.86. The zero-order valence-corrected chi connectivity index (χ0v) is 13.3. The van der Waals surface area contributed by atoms with Gasteiger partial charge in [0.1, 0.15) is 0 Å². The Morgan fingerprint density at radius 1 is 1.36 bits per heavy atom. The summed E-state index contributed by atoms with van der Waals surface area (Å²) in [6.07, 6.45) is 4.96. The summed E-state index contributed by atoms with van der Waals surface area (Å²) in [5.41, 5.74) is -0.522. The molecule has 1 aliphatic rings. The maximum atomic E-state index is 12.2. The van der Waals surface area contributed by atoms with E-state index in [1.165, 1.54) is 0 Å². The van der Waals surface area contributed by atoms with Crippen LogP contribution in [0.1, 0.15) is 45.4 Å². The largest absolute Gasteiger partial charge is 0.394 e. The number of nitrogens with one attached hydrogen (secondary N) is 2. The summed E-state index contributed by atoms with van der Waals surface area (Å²) in [5, 5.41) is 24.2. The summed E-state index contributed by atoms with van der Waals surface area (Å²) < 4.78 is 0. The quantitative estimate of drug-likeness (QED) is 0.466. The summed E-state index contributed by atoms with van der Waals surface area (Å²) >= 11 is 0. The lowest BCUT2D eigenvalue weighted by Crippen LogP contribution is -2.50. The molecule has 0 aromatic rings. The molecule has 2 unspecified atom stereocenters. The van der Waals surface area contributed by atoms with Gasteiger partial charge in [0.15, 0.2) is 0 Å². The Labute approximate surface area is 132 Å². The first-order valence-corrected chi connectivity index (χ1v) is 7.91. The van der Waals surface area contributed by atoms with Crippen molar-refractivity contribution in [1.29, 1.82) is 0 Å². The standard InChI is InChI=1S/C16H28N2O4/c1-3-6-13(15(22)17-10-12(2)20)9-14(21)18-16(11-19)7-4-5-8-16/h3,12-13,19-20H,1,4-11H2,2H3,(H,17,22)(H,18,21). The van der Waals surface area contributed by atoms with Gasteiger partial charge >= 0.3 is 0 Å². The maximum absolute atomic E-state index is 12.2. The van der Waals surface area contributed by atoms with E-state index in [1.807, 2.05) is 0 Å². The first-order chi connectivity index (χ1) is 10.4. The van der Waals surface area contributed by atoms with Gasteiger partial charge in [-0.2, -0.15) is 0 Å². The molecule has 0 aromatic heterocycles. The van der Waals surface area contributed by atoms with Crippen LogP contribution in [0.4, 0.5) is 0 Å². The van der Waals surface area contributed by atoms with Crippen molar-refractivity contribution in [3.05, 3.63) is 12.7 Å². The van der Waals surface area contributed by atoms with Crippen LogP contribution in [0.2, 0.25) is 0 Å². The molecule has 1 fully saturated rings. The van der Waals surface area contributed by atoms with Crippen molar-refractivity contribution in [2.24, 2.45) is 5.92 Å². The molecule has 0 spiro atoms. The first kappa shape index (κ1) is 18.6. The number of hydrogen-bond donors (Lipinski definition) is 4. The van der Waals surface area contributed by atoms with Crippen LogP contribution in [0.3, 0.4) is 0 Å². The Bertz CT molecular complexity index is 390. The molecule has 6 nitrogen and oxygen atoms in total. The molecule has 0 aromatic carbocycles. The number of allylic oxidation sites excluding steroid dienone is 1. The van der Waals surface area contributed by atoms with E-state index in [0.717, 1.165) is 25.7 Å². The number of aliphatic hydroxyl groups excluding tert-OH is 2. The average molecular weight is 312 g/mol. The minimum Gasteiger partial charge on any atom is -0.394 e. The summed E-state index contributed by atoms with van der Waals surface area (Å²) in [7, 11) is 0. The van der Waals surface area contributed by atoms with E-state index in [0.29, 0.717) is 6.42 Å². The molecule has 1 rings (SSSR count). The van der Waals surface area contributed by atoms with Crippen LogP contribution < -0.4 is 10.6 Å². The van der Waals surface area contributed by atoms with Crippen LogP contribution in [0.25, 0.3) is 0 Å². The van der Waals surface area contributed by atoms with Gasteiger partial charge in [-0.05, 0) is 26.2 Å². The van der Waals surface area contributed by atoms with Gasteiger partial charge in [-0.3, -0.25) is 9.59 Å². The van der Waals surface area contributed by atoms with Gasteiger partial charge in [-0.15, -0.1) is 6.58 Å². The number of amides is 2. The van der Waals surface area contributed by atoms with Crippen molar-refractivity contribution >= 4 is 11.8 Å². The third kappa shape index (κ3) is 5.77. The number of hydrogen-bond acceptors (Lipinski definition) is 4. The molecule has 2 amide bonds. The second-order valence-corrected chi connectivity index (χ2v) is 6.21. The van der Waals surface area contributed by atoms with E-state index in [9.17, 15) is 19.8 Å². The minimum absolute atomic E-state index is 0.0550. The van der Waals surface area contributed by atoms with Crippen molar-refractivity contribution in [2.45, 2.75) is 57.1 Å². The molecule has 22 heavy (non-hydrogen) atoms. The lowest BCUT2D eigenvalue weighted by molar-refractivity contribution is -0.131. The van der Waals surface area contributed by atoms with Crippen LogP contribution in [-0.2, 0) is 9.59 Å². The molecular formula is C16H28N2O4. The number of rotatable bonds is 9. The Hall–Kier alpha value is -1.40. The Morgan fingerprint density at radius 3 is 2.50 bits per heavy atom. The lowest BCUT2D eigenvalue weighted by atomic mass is 9.95. The molecule has 6 heteroatoms. The van der Waals surface area contributed by atoms with Gasteiger partial charge < -0.3 is 20.8 Å². The fraction of sp³-hybridized carbons (Fsp3) is 0.750. The lowest BCUT2D eigenvalue weighted by Gasteiger charge is -2.28. The van der Waals surface area contributed by atoms with Gasteiger partial charge in [0.2, 0.25) is 11.8 Å². The number of aliphatic hydroxyl groups is 2. The van der Waals surface area contributed by atoms with Crippen LogP contribution in [0.5, 0.6) is 0 Å². The highest BCUT2D eigenvalue weighted by atomic mass is 16.3. The molecule has 1 saturated carbocycles. The minimum atomic E-state index is -0.627. The smallest absolute Gasteiger partial charge is 0.224 e. The highest BCUT2D eigenvalue weighted by Crippen LogP contribution is 2.29. The van der Waals surface area contributed by atoms with E-state index < -0.39 is 17.6 Å². The summed E-state index contributed by atoms with van der Waals surface area (Å²) in [4.78, 5) is 24.3. The number of carbonyl (C=O) groups excluding carboxylic acids is 2. The van der Waals surface area contributed by atoms with E-state index >= 15 is 0 Å². The first-order valence-electron chi connectivity index (χ1n) is 7.91. The zero-order valence-electron chi connectivity index (χ0n) is 13.3. The monoisotopic (exact) mass is 312 g/mol. The molecule has 2 atom stereocenters. The molecule has 0 bridgehead atoms. The summed E-state index contributed by atoms with van der Waals surface area (Å²) in [6.45, 7) is 5.29. The van der Waals surface area contributed by atoms with Gasteiger partial charge in [-0.25, -0.2) is 0 Å². The molecule has 1 aliphatic carbocycles. The topological polar surface area (TPSA) is 98.7 Å². The zero-order chi connectivity index (χ0) is 16.6. The van der Waals surface area contributed by atoms with E-state index in [1.54, 1.807) is 13.0 Å². The normalized spacial score (nSPS) is 19.2. The van der Waals surface area contributed by atoms with Crippen molar-refractivity contribution in [3.63, 3.8) is 0 Å². The Balaban J connectivity index is 2.55. The van der Waals surface area contributed by atoms with Gasteiger partial charge in [-0.1, -0.05) is 18.9 Å². The molecule has 126 valence electrons. The van der Waals surface area contributed by atoms with Crippen molar-refractivity contribution < 1.29 is 19.8 Å². The predicted octanol–water partition coefficient (Wildman–Crippen LogP) is 0.487.